The lowest BCUT2D eigenvalue weighted by atomic mass is 10.2. The molecule has 3 aromatic rings. The van der Waals surface area contributed by atoms with E-state index in [1.54, 1.807) is 19.6 Å². The third kappa shape index (κ3) is 5.43. The van der Waals surface area contributed by atoms with E-state index in [-0.39, 0.29) is 24.0 Å². The Labute approximate surface area is 174 Å². The first-order chi connectivity index (χ1) is 12.3. The Morgan fingerprint density at radius 1 is 1.15 bits per heavy atom. The molecule has 3 rings (SSSR count). The van der Waals surface area contributed by atoms with Crippen LogP contribution >= 0.6 is 35.6 Å². The van der Waals surface area contributed by atoms with Crippen LogP contribution in [0, 0.1) is 0 Å². The van der Waals surface area contributed by atoms with E-state index < -0.39 is 0 Å². The fourth-order valence-electron chi connectivity index (χ4n) is 2.30. The Balaban J connectivity index is 0.00000243. The molecule has 8 heteroatoms. The summed E-state index contributed by atoms with van der Waals surface area (Å²) < 4.78 is 1.86. The van der Waals surface area contributed by atoms with Crippen molar-refractivity contribution in [3.8, 4) is 5.82 Å². The molecule has 2 heterocycles. The van der Waals surface area contributed by atoms with Gasteiger partial charge in [-0.2, -0.15) is 0 Å². The number of aliphatic imine (C=N–C) groups is 1. The van der Waals surface area contributed by atoms with Crippen molar-refractivity contribution in [1.29, 1.82) is 0 Å². The minimum Gasteiger partial charge on any atom is -0.352 e. The minimum absolute atomic E-state index is 0. The lowest BCUT2D eigenvalue weighted by Crippen LogP contribution is -2.36. The van der Waals surface area contributed by atoms with Gasteiger partial charge in [-0.3, -0.25) is 9.56 Å². The van der Waals surface area contributed by atoms with Gasteiger partial charge in [-0.25, -0.2) is 9.97 Å². The van der Waals surface area contributed by atoms with E-state index in [9.17, 15) is 0 Å². The number of hydrogen-bond donors (Lipinski definition) is 2. The highest BCUT2D eigenvalue weighted by atomic mass is 127. The highest BCUT2D eigenvalue weighted by Gasteiger charge is 2.03. The van der Waals surface area contributed by atoms with Crippen LogP contribution in [0.3, 0.4) is 0 Å². The molecule has 6 nitrogen and oxygen atoms in total. The number of guanidine groups is 1. The predicted octanol–water partition coefficient (Wildman–Crippen LogP) is 3.40. The molecular weight excluding hydrogens is 463 g/mol. The Morgan fingerprint density at radius 2 is 1.96 bits per heavy atom. The molecule has 0 amide bonds. The number of benzene rings is 1. The molecule has 0 fully saturated rings. The van der Waals surface area contributed by atoms with Crippen LogP contribution in [0.1, 0.15) is 11.1 Å². The standard InChI is InChI=1S/C18H19ClN6.HI/c1-20-18(24-12-15-4-2-3-5-16(15)19)23-11-14-6-7-17(22-10-14)25-9-8-21-13-25;/h2-10,13H,11-12H2,1H3,(H2,20,23,24);1H. The summed E-state index contributed by atoms with van der Waals surface area (Å²) in [5.74, 6) is 1.54. The second-order valence-electron chi connectivity index (χ2n) is 5.37. The zero-order valence-electron chi connectivity index (χ0n) is 14.3. The number of aromatic nitrogens is 3. The van der Waals surface area contributed by atoms with Crippen LogP contribution in [0.2, 0.25) is 5.02 Å². The maximum atomic E-state index is 6.17. The molecule has 0 radical (unpaired) electrons. The van der Waals surface area contributed by atoms with Gasteiger partial charge in [-0.05, 0) is 23.3 Å². The van der Waals surface area contributed by atoms with Crippen molar-refractivity contribution < 1.29 is 0 Å². The lowest BCUT2D eigenvalue weighted by Gasteiger charge is -2.13. The summed E-state index contributed by atoms with van der Waals surface area (Å²) in [7, 11) is 1.74. The van der Waals surface area contributed by atoms with Crippen LogP contribution in [0.15, 0.2) is 66.3 Å². The first kappa shape index (κ1) is 20.2. The van der Waals surface area contributed by atoms with Gasteiger partial charge in [0.1, 0.15) is 12.1 Å². The van der Waals surface area contributed by atoms with E-state index in [1.807, 2.05) is 53.4 Å². The van der Waals surface area contributed by atoms with E-state index in [2.05, 4.69) is 25.6 Å². The van der Waals surface area contributed by atoms with Crippen LogP contribution in [0.4, 0.5) is 0 Å². The SMILES string of the molecule is CN=C(NCc1ccc(-n2ccnc2)nc1)NCc1ccccc1Cl.I. The molecule has 0 bridgehead atoms. The number of nitrogens with one attached hydrogen (secondary N) is 2. The van der Waals surface area contributed by atoms with Crippen LogP contribution < -0.4 is 10.6 Å². The number of nitrogens with zero attached hydrogens (tertiary/aromatic N) is 4. The van der Waals surface area contributed by atoms with Crippen molar-refractivity contribution in [2.45, 2.75) is 13.1 Å². The summed E-state index contributed by atoms with van der Waals surface area (Å²) in [6.07, 6.45) is 7.15. The molecule has 0 aliphatic heterocycles. The van der Waals surface area contributed by atoms with Crippen molar-refractivity contribution in [1.82, 2.24) is 25.2 Å². The summed E-state index contributed by atoms with van der Waals surface area (Å²) in [5, 5.41) is 7.26. The normalized spacial score (nSPS) is 10.9. The zero-order chi connectivity index (χ0) is 17.5. The highest BCUT2D eigenvalue weighted by Crippen LogP contribution is 2.14. The summed E-state index contributed by atoms with van der Waals surface area (Å²) in [4.78, 5) is 12.7. The van der Waals surface area contributed by atoms with Crippen molar-refractivity contribution in [2.24, 2.45) is 4.99 Å². The molecule has 0 aliphatic carbocycles. The monoisotopic (exact) mass is 482 g/mol. The van der Waals surface area contributed by atoms with E-state index in [4.69, 9.17) is 11.6 Å². The maximum Gasteiger partial charge on any atom is 0.191 e. The molecule has 2 aromatic heterocycles. The van der Waals surface area contributed by atoms with Crippen molar-refractivity contribution in [3.05, 3.63) is 77.5 Å². The van der Waals surface area contributed by atoms with E-state index in [1.165, 1.54) is 0 Å². The van der Waals surface area contributed by atoms with E-state index in [0.29, 0.717) is 19.0 Å². The lowest BCUT2D eigenvalue weighted by molar-refractivity contribution is 0.805. The van der Waals surface area contributed by atoms with Gasteiger partial charge in [0.25, 0.3) is 0 Å². The van der Waals surface area contributed by atoms with Crippen molar-refractivity contribution >= 4 is 41.5 Å². The van der Waals surface area contributed by atoms with Gasteiger partial charge in [0, 0.05) is 43.8 Å². The topological polar surface area (TPSA) is 67.1 Å². The molecule has 0 aliphatic rings. The summed E-state index contributed by atoms with van der Waals surface area (Å²) in [5.41, 5.74) is 2.09. The Hall–Kier alpha value is -2.13. The van der Waals surface area contributed by atoms with Gasteiger partial charge in [0.2, 0.25) is 0 Å². The van der Waals surface area contributed by atoms with Gasteiger partial charge < -0.3 is 10.6 Å². The Morgan fingerprint density at radius 3 is 2.62 bits per heavy atom. The quantitative estimate of drug-likeness (QED) is 0.332. The van der Waals surface area contributed by atoms with Crippen LogP contribution in [0.25, 0.3) is 5.82 Å². The van der Waals surface area contributed by atoms with Crippen LogP contribution in [-0.2, 0) is 13.1 Å². The van der Waals surface area contributed by atoms with E-state index in [0.717, 1.165) is 22.0 Å². The average Bonchev–Trinajstić information content (AvgIpc) is 3.18. The van der Waals surface area contributed by atoms with E-state index >= 15 is 0 Å². The van der Waals surface area contributed by atoms with Gasteiger partial charge in [0.05, 0.1) is 0 Å². The summed E-state index contributed by atoms with van der Waals surface area (Å²) in [6, 6.07) is 11.7. The fraction of sp³-hybridized carbons (Fsp3) is 0.167. The molecule has 136 valence electrons. The maximum absolute atomic E-state index is 6.17. The molecule has 2 N–H and O–H groups in total. The molecule has 0 saturated heterocycles. The fourth-order valence-corrected chi connectivity index (χ4v) is 2.50. The number of imidazole rings is 1. The first-order valence-corrected chi connectivity index (χ1v) is 8.25. The molecule has 26 heavy (non-hydrogen) atoms. The third-order valence-electron chi connectivity index (χ3n) is 3.67. The van der Waals surface area contributed by atoms with Gasteiger partial charge in [-0.15, -0.1) is 24.0 Å². The summed E-state index contributed by atoms with van der Waals surface area (Å²) in [6.45, 7) is 1.23. The molecule has 0 unspecified atom stereocenters. The highest BCUT2D eigenvalue weighted by molar-refractivity contribution is 14.0. The molecule has 0 saturated carbocycles. The summed E-state index contributed by atoms with van der Waals surface area (Å²) >= 11 is 6.17. The van der Waals surface area contributed by atoms with Gasteiger partial charge in [-0.1, -0.05) is 35.9 Å². The van der Waals surface area contributed by atoms with Crippen molar-refractivity contribution in [3.63, 3.8) is 0 Å². The number of halogens is 2. The zero-order valence-corrected chi connectivity index (χ0v) is 17.3. The molecular formula is C18H20ClIN6. The minimum atomic E-state index is 0. The number of pyridine rings is 1. The molecule has 0 spiro atoms. The number of hydrogen-bond acceptors (Lipinski definition) is 3. The van der Waals surface area contributed by atoms with Gasteiger partial charge >= 0.3 is 0 Å². The smallest absolute Gasteiger partial charge is 0.191 e. The largest absolute Gasteiger partial charge is 0.352 e. The van der Waals surface area contributed by atoms with Crippen LogP contribution in [-0.4, -0.2) is 27.5 Å². The van der Waals surface area contributed by atoms with Gasteiger partial charge in [0.15, 0.2) is 5.96 Å². The Kier molecular flexibility index (Phi) is 7.86. The number of rotatable bonds is 5. The second kappa shape index (κ2) is 10.1. The third-order valence-corrected chi connectivity index (χ3v) is 4.03. The molecule has 0 atom stereocenters. The average molecular weight is 483 g/mol. The Bertz CT molecular complexity index is 833. The van der Waals surface area contributed by atoms with Crippen molar-refractivity contribution in [2.75, 3.05) is 7.05 Å². The molecule has 1 aromatic carbocycles. The van der Waals surface area contributed by atoms with Crippen LogP contribution in [0.5, 0.6) is 0 Å². The second-order valence-corrected chi connectivity index (χ2v) is 5.77. The first-order valence-electron chi connectivity index (χ1n) is 7.87. The predicted molar refractivity (Wildman–Crippen MR) is 115 cm³/mol.